The summed E-state index contributed by atoms with van der Waals surface area (Å²) < 4.78 is 0. The number of nitrogens with zero attached hydrogens (tertiary/aromatic N) is 3. The van der Waals surface area contributed by atoms with Gasteiger partial charge in [-0.15, -0.1) is 0 Å². The average molecular weight is 244 g/mol. The molecule has 1 amide bonds. The third-order valence-corrected chi connectivity index (χ3v) is 2.71. The molecule has 80 valence electrons. The summed E-state index contributed by atoms with van der Waals surface area (Å²) in [5.41, 5.74) is 0. The SMILES string of the molecule is Cc1nc(Cl)cc(N2CC(S)CC2=O)n1. The molecule has 4 nitrogen and oxygen atoms in total. The quantitative estimate of drug-likeness (QED) is 0.600. The van der Waals surface area contributed by atoms with Crippen LogP contribution < -0.4 is 4.90 Å². The summed E-state index contributed by atoms with van der Waals surface area (Å²) in [6.45, 7) is 2.32. The smallest absolute Gasteiger partial charge is 0.229 e. The normalized spacial score (nSPS) is 21.1. The Morgan fingerprint density at radius 3 is 2.87 bits per heavy atom. The van der Waals surface area contributed by atoms with E-state index in [2.05, 4.69) is 22.6 Å². The molecule has 0 aromatic carbocycles. The van der Waals surface area contributed by atoms with Crippen LogP contribution in [0.15, 0.2) is 6.07 Å². The Kier molecular flexibility index (Phi) is 2.84. The molecule has 0 radical (unpaired) electrons. The van der Waals surface area contributed by atoms with Crippen molar-refractivity contribution >= 4 is 36.0 Å². The van der Waals surface area contributed by atoms with E-state index in [0.717, 1.165) is 0 Å². The summed E-state index contributed by atoms with van der Waals surface area (Å²) in [4.78, 5) is 21.3. The van der Waals surface area contributed by atoms with Crippen LogP contribution in [0.1, 0.15) is 12.2 Å². The Bertz CT molecular complexity index is 392. The van der Waals surface area contributed by atoms with Crippen LogP contribution in [-0.2, 0) is 4.79 Å². The summed E-state index contributed by atoms with van der Waals surface area (Å²) in [7, 11) is 0. The van der Waals surface area contributed by atoms with Crippen LogP contribution in [0.3, 0.4) is 0 Å². The fourth-order valence-electron chi connectivity index (χ4n) is 1.56. The second-order valence-electron chi connectivity index (χ2n) is 3.46. The molecule has 6 heteroatoms. The maximum atomic E-state index is 11.6. The van der Waals surface area contributed by atoms with E-state index in [1.807, 2.05) is 0 Å². The van der Waals surface area contributed by atoms with E-state index in [9.17, 15) is 4.79 Å². The van der Waals surface area contributed by atoms with Gasteiger partial charge in [-0.3, -0.25) is 9.69 Å². The minimum Gasteiger partial charge on any atom is -0.296 e. The van der Waals surface area contributed by atoms with Crippen LogP contribution in [0.2, 0.25) is 5.15 Å². The van der Waals surface area contributed by atoms with E-state index < -0.39 is 0 Å². The zero-order valence-electron chi connectivity index (χ0n) is 8.14. The van der Waals surface area contributed by atoms with Gasteiger partial charge in [0.15, 0.2) is 0 Å². The number of carbonyl (C=O) groups is 1. The van der Waals surface area contributed by atoms with Crippen molar-refractivity contribution in [3.05, 3.63) is 17.0 Å². The highest BCUT2D eigenvalue weighted by atomic mass is 35.5. The molecule has 2 heterocycles. The predicted molar refractivity (Wildman–Crippen MR) is 61.5 cm³/mol. The van der Waals surface area contributed by atoms with Gasteiger partial charge in [0.25, 0.3) is 0 Å². The molecule has 1 saturated heterocycles. The number of hydrogen-bond acceptors (Lipinski definition) is 4. The summed E-state index contributed by atoms with van der Waals surface area (Å²) in [6.07, 6.45) is 0.448. The van der Waals surface area contributed by atoms with Crippen LogP contribution in [0, 0.1) is 6.92 Å². The zero-order valence-corrected chi connectivity index (χ0v) is 9.79. The minimum absolute atomic E-state index is 0.0316. The van der Waals surface area contributed by atoms with E-state index in [-0.39, 0.29) is 11.2 Å². The average Bonchev–Trinajstić information content (AvgIpc) is 2.43. The van der Waals surface area contributed by atoms with Crippen molar-refractivity contribution in [3.63, 3.8) is 0 Å². The number of anilines is 1. The lowest BCUT2D eigenvalue weighted by atomic mass is 10.4. The van der Waals surface area contributed by atoms with Gasteiger partial charge in [0.2, 0.25) is 5.91 Å². The van der Waals surface area contributed by atoms with E-state index in [1.165, 1.54) is 0 Å². The van der Waals surface area contributed by atoms with Crippen LogP contribution in [0.5, 0.6) is 0 Å². The van der Waals surface area contributed by atoms with Gasteiger partial charge in [0.05, 0.1) is 0 Å². The molecule has 1 unspecified atom stereocenters. The molecule has 0 spiro atoms. The first kappa shape index (κ1) is 10.7. The molecule has 1 aliphatic heterocycles. The lowest BCUT2D eigenvalue weighted by Crippen LogP contribution is -2.26. The van der Waals surface area contributed by atoms with Gasteiger partial charge in [-0.05, 0) is 6.92 Å². The number of thiol groups is 1. The standard InChI is InChI=1S/C9H10ClN3OS/c1-5-11-7(10)3-8(12-5)13-4-6(15)2-9(13)14/h3,6,15H,2,4H2,1H3. The molecule has 15 heavy (non-hydrogen) atoms. The van der Waals surface area contributed by atoms with Crippen LogP contribution in [0.25, 0.3) is 0 Å². The van der Waals surface area contributed by atoms with Crippen molar-refractivity contribution in [3.8, 4) is 0 Å². The molecule has 0 aliphatic carbocycles. The highest BCUT2D eigenvalue weighted by Crippen LogP contribution is 2.23. The van der Waals surface area contributed by atoms with Gasteiger partial charge in [-0.1, -0.05) is 11.6 Å². The molecular weight excluding hydrogens is 234 g/mol. The molecule has 1 fully saturated rings. The van der Waals surface area contributed by atoms with Crippen molar-refractivity contribution in [2.75, 3.05) is 11.4 Å². The lowest BCUT2D eigenvalue weighted by molar-refractivity contribution is -0.117. The van der Waals surface area contributed by atoms with Gasteiger partial charge < -0.3 is 0 Å². The number of carbonyl (C=O) groups excluding carboxylic acids is 1. The van der Waals surface area contributed by atoms with Crippen molar-refractivity contribution in [2.24, 2.45) is 0 Å². The van der Waals surface area contributed by atoms with Crippen LogP contribution in [0.4, 0.5) is 5.82 Å². The maximum absolute atomic E-state index is 11.6. The molecule has 1 aromatic rings. The first-order chi connectivity index (χ1) is 7.06. The minimum atomic E-state index is 0.0316. The third kappa shape index (κ3) is 2.23. The number of hydrogen-bond donors (Lipinski definition) is 1. The number of aryl methyl sites for hydroxylation is 1. The molecule has 0 bridgehead atoms. The molecule has 1 aromatic heterocycles. The van der Waals surface area contributed by atoms with Crippen LogP contribution >= 0.6 is 24.2 Å². The van der Waals surface area contributed by atoms with E-state index in [4.69, 9.17) is 11.6 Å². The number of aromatic nitrogens is 2. The monoisotopic (exact) mass is 243 g/mol. The second kappa shape index (κ2) is 3.98. The first-order valence-corrected chi connectivity index (χ1v) is 5.45. The Labute approximate surface area is 98.1 Å². The Morgan fingerprint density at radius 2 is 2.33 bits per heavy atom. The Hall–Kier alpha value is -0.810. The molecular formula is C9H10ClN3OS. The highest BCUT2D eigenvalue weighted by molar-refractivity contribution is 7.81. The van der Waals surface area contributed by atoms with Gasteiger partial charge in [0, 0.05) is 24.3 Å². The number of rotatable bonds is 1. The fourth-order valence-corrected chi connectivity index (χ4v) is 2.10. The molecule has 2 rings (SSSR count). The molecule has 0 saturated carbocycles. The topological polar surface area (TPSA) is 46.1 Å². The summed E-state index contributed by atoms with van der Waals surface area (Å²) >= 11 is 10.1. The molecule has 1 aliphatic rings. The second-order valence-corrected chi connectivity index (χ2v) is 4.58. The van der Waals surface area contributed by atoms with E-state index in [1.54, 1.807) is 17.9 Å². The Morgan fingerprint density at radius 1 is 1.60 bits per heavy atom. The van der Waals surface area contributed by atoms with Crippen LogP contribution in [-0.4, -0.2) is 27.7 Å². The first-order valence-electron chi connectivity index (χ1n) is 4.56. The molecule has 1 atom stereocenters. The van der Waals surface area contributed by atoms with Crippen molar-refractivity contribution in [2.45, 2.75) is 18.6 Å². The number of halogens is 1. The largest absolute Gasteiger partial charge is 0.296 e. The van der Waals surface area contributed by atoms with Crippen molar-refractivity contribution < 1.29 is 4.79 Å². The predicted octanol–water partition coefficient (Wildman–Crippen LogP) is 1.47. The van der Waals surface area contributed by atoms with E-state index in [0.29, 0.717) is 29.8 Å². The van der Waals surface area contributed by atoms with Gasteiger partial charge >= 0.3 is 0 Å². The van der Waals surface area contributed by atoms with Crippen molar-refractivity contribution in [1.82, 2.24) is 9.97 Å². The number of amides is 1. The summed E-state index contributed by atoms with van der Waals surface area (Å²) in [6, 6.07) is 1.60. The zero-order chi connectivity index (χ0) is 11.0. The lowest BCUT2D eigenvalue weighted by Gasteiger charge is -2.14. The van der Waals surface area contributed by atoms with Gasteiger partial charge in [-0.25, -0.2) is 9.97 Å². The van der Waals surface area contributed by atoms with Crippen molar-refractivity contribution in [1.29, 1.82) is 0 Å². The maximum Gasteiger partial charge on any atom is 0.229 e. The van der Waals surface area contributed by atoms with Gasteiger partial charge in [0.1, 0.15) is 16.8 Å². The van der Waals surface area contributed by atoms with Gasteiger partial charge in [-0.2, -0.15) is 12.6 Å². The van der Waals surface area contributed by atoms with E-state index >= 15 is 0 Å². The summed E-state index contributed by atoms with van der Waals surface area (Å²) in [5, 5.41) is 0.430. The fraction of sp³-hybridized carbons (Fsp3) is 0.444. The Balaban J connectivity index is 2.33. The molecule has 0 N–H and O–H groups in total. The third-order valence-electron chi connectivity index (χ3n) is 2.17. The highest BCUT2D eigenvalue weighted by Gasteiger charge is 2.29. The summed E-state index contributed by atoms with van der Waals surface area (Å²) in [5.74, 6) is 1.16.